The highest BCUT2D eigenvalue weighted by molar-refractivity contribution is 5.88. The summed E-state index contributed by atoms with van der Waals surface area (Å²) in [7, 11) is 0. The smallest absolute Gasteiger partial charge is 0.318 e. The minimum Gasteiger partial charge on any atom is -0.457 e. The summed E-state index contributed by atoms with van der Waals surface area (Å²) in [5.41, 5.74) is 0.577. The van der Waals surface area contributed by atoms with E-state index in [1.54, 1.807) is 12.1 Å². The number of hydrogen-bond acceptors (Lipinski definition) is 5. The largest absolute Gasteiger partial charge is 0.457 e. The van der Waals surface area contributed by atoms with E-state index >= 15 is 0 Å². The van der Waals surface area contributed by atoms with Crippen molar-refractivity contribution in [1.29, 1.82) is 5.26 Å². The molecule has 28 heavy (non-hydrogen) atoms. The van der Waals surface area contributed by atoms with E-state index in [-0.39, 0.29) is 0 Å². The molecule has 1 N–H and O–H groups in total. The summed E-state index contributed by atoms with van der Waals surface area (Å²) in [5, 5.41) is 12.1. The van der Waals surface area contributed by atoms with Gasteiger partial charge in [0.15, 0.2) is 6.61 Å². The Hall–Kier alpha value is -3.33. The molecule has 1 aliphatic carbocycles. The van der Waals surface area contributed by atoms with Gasteiger partial charge in [-0.05, 0) is 37.8 Å². The maximum Gasteiger partial charge on any atom is 0.318 e. The van der Waals surface area contributed by atoms with E-state index in [2.05, 4.69) is 11.4 Å². The van der Waals surface area contributed by atoms with Crippen LogP contribution in [0.4, 0.5) is 0 Å². The topological polar surface area (TPSA) is 88.4 Å². The minimum absolute atomic E-state index is 0.413. The zero-order valence-corrected chi connectivity index (χ0v) is 15.3. The van der Waals surface area contributed by atoms with Crippen LogP contribution in [0.3, 0.4) is 0 Å². The number of carbonyl (C=O) groups is 2. The zero-order chi connectivity index (χ0) is 19.6. The van der Waals surface area contributed by atoms with Crippen LogP contribution >= 0.6 is 0 Å². The van der Waals surface area contributed by atoms with Gasteiger partial charge < -0.3 is 14.8 Å². The number of rotatable bonds is 4. The summed E-state index contributed by atoms with van der Waals surface area (Å²) in [4.78, 5) is 25.2. The monoisotopic (exact) mass is 376 g/mol. The third kappa shape index (κ3) is 3.31. The number of nitriles is 1. The maximum absolute atomic E-state index is 12.9. The van der Waals surface area contributed by atoms with Crippen LogP contribution in [0.2, 0.25) is 0 Å². The number of fused-ring (bicyclic) bond motifs is 2. The third-order valence-electron chi connectivity index (χ3n) is 5.31. The second-order valence-electron chi connectivity index (χ2n) is 7.17. The highest BCUT2D eigenvalue weighted by Gasteiger charge is 2.37. The van der Waals surface area contributed by atoms with Crippen molar-refractivity contribution >= 4 is 11.9 Å². The maximum atomic E-state index is 12.9. The molecule has 1 heterocycles. The van der Waals surface area contributed by atoms with Crippen LogP contribution in [-0.2, 0) is 14.3 Å². The van der Waals surface area contributed by atoms with Gasteiger partial charge >= 0.3 is 5.97 Å². The highest BCUT2D eigenvalue weighted by Crippen LogP contribution is 2.44. The summed E-state index contributed by atoms with van der Waals surface area (Å²) in [6.07, 6.45) is 3.07. The number of esters is 1. The third-order valence-corrected chi connectivity index (χ3v) is 5.31. The van der Waals surface area contributed by atoms with Gasteiger partial charge in [0.1, 0.15) is 23.0 Å². The number of carbonyl (C=O) groups excluding carboxylic acids is 2. The molecule has 6 nitrogen and oxygen atoms in total. The van der Waals surface area contributed by atoms with Gasteiger partial charge in [-0.1, -0.05) is 36.4 Å². The number of amides is 1. The van der Waals surface area contributed by atoms with Gasteiger partial charge in [0.05, 0.1) is 6.07 Å². The summed E-state index contributed by atoms with van der Waals surface area (Å²) in [6.45, 7) is -0.413. The Balaban J connectivity index is 1.49. The van der Waals surface area contributed by atoms with Gasteiger partial charge in [-0.2, -0.15) is 5.26 Å². The first-order valence-corrected chi connectivity index (χ1v) is 9.36. The molecule has 4 rings (SSSR count). The van der Waals surface area contributed by atoms with Crippen LogP contribution in [0.25, 0.3) is 0 Å². The minimum atomic E-state index is -0.832. The van der Waals surface area contributed by atoms with Crippen molar-refractivity contribution in [2.45, 2.75) is 37.1 Å². The number of hydrogen-bond donors (Lipinski definition) is 1. The molecule has 142 valence electrons. The molecule has 0 bridgehead atoms. The van der Waals surface area contributed by atoms with Crippen LogP contribution in [0.15, 0.2) is 48.5 Å². The predicted octanol–water partition coefficient (Wildman–Crippen LogP) is 3.42. The fourth-order valence-corrected chi connectivity index (χ4v) is 3.93. The molecule has 2 aromatic rings. The van der Waals surface area contributed by atoms with Crippen LogP contribution in [0, 0.1) is 11.3 Å². The van der Waals surface area contributed by atoms with Crippen molar-refractivity contribution in [3.8, 4) is 17.6 Å². The molecular weight excluding hydrogens is 356 g/mol. The first-order chi connectivity index (χ1) is 13.6. The van der Waals surface area contributed by atoms with Gasteiger partial charge in [0.2, 0.25) is 0 Å². The Morgan fingerprint density at radius 3 is 2.21 bits per heavy atom. The lowest BCUT2D eigenvalue weighted by molar-refractivity contribution is -0.149. The molecule has 0 radical (unpaired) electrons. The molecule has 1 saturated carbocycles. The van der Waals surface area contributed by atoms with E-state index < -0.39 is 29.9 Å². The Kier molecular flexibility index (Phi) is 4.74. The number of nitrogens with one attached hydrogen (secondary N) is 1. The lowest BCUT2D eigenvalue weighted by atomic mass is 9.88. The second kappa shape index (κ2) is 7.35. The number of benzene rings is 2. The van der Waals surface area contributed by atoms with Gasteiger partial charge in [-0.25, -0.2) is 0 Å². The molecule has 6 heteroatoms. The molecule has 2 aliphatic rings. The molecule has 0 aromatic heterocycles. The molecule has 1 fully saturated rings. The van der Waals surface area contributed by atoms with Gasteiger partial charge in [0.25, 0.3) is 5.91 Å². The summed E-state index contributed by atoms with van der Waals surface area (Å²) in [5.74, 6) is -0.435. The average Bonchev–Trinajstić information content (AvgIpc) is 3.19. The van der Waals surface area contributed by atoms with E-state index in [0.717, 1.165) is 12.8 Å². The molecule has 0 spiro atoms. The molecule has 0 saturated heterocycles. The predicted molar refractivity (Wildman–Crippen MR) is 101 cm³/mol. The SMILES string of the molecule is N#CC1(NC(=O)COC(=O)C2c3ccccc3Oc3ccccc32)CCCC1. The van der Waals surface area contributed by atoms with Crippen molar-refractivity contribution in [3.63, 3.8) is 0 Å². The highest BCUT2D eigenvalue weighted by atomic mass is 16.5. The van der Waals surface area contributed by atoms with Crippen molar-refractivity contribution in [2.75, 3.05) is 6.61 Å². The number of nitrogens with zero attached hydrogens (tertiary/aromatic N) is 1. The van der Waals surface area contributed by atoms with E-state index in [1.807, 2.05) is 36.4 Å². The van der Waals surface area contributed by atoms with Crippen LogP contribution in [0.1, 0.15) is 42.7 Å². The lowest BCUT2D eigenvalue weighted by Gasteiger charge is -2.27. The average molecular weight is 376 g/mol. The molecule has 0 atom stereocenters. The second-order valence-corrected chi connectivity index (χ2v) is 7.17. The molecule has 1 aliphatic heterocycles. The summed E-state index contributed by atoms with van der Waals surface area (Å²) < 4.78 is 11.2. The van der Waals surface area contributed by atoms with Crippen molar-refractivity contribution in [2.24, 2.45) is 0 Å². The first kappa shape index (κ1) is 18.1. The first-order valence-electron chi connectivity index (χ1n) is 9.36. The fourth-order valence-electron chi connectivity index (χ4n) is 3.93. The van der Waals surface area contributed by atoms with Crippen LogP contribution in [-0.4, -0.2) is 24.0 Å². The molecule has 1 amide bonds. The van der Waals surface area contributed by atoms with Gasteiger partial charge in [-0.15, -0.1) is 0 Å². The molecular formula is C22H20N2O4. The zero-order valence-electron chi connectivity index (χ0n) is 15.3. The molecule has 2 aromatic carbocycles. The fraction of sp³-hybridized carbons (Fsp3) is 0.318. The Labute approximate surface area is 163 Å². The van der Waals surface area contributed by atoms with E-state index in [4.69, 9.17) is 9.47 Å². The van der Waals surface area contributed by atoms with Crippen molar-refractivity contribution in [1.82, 2.24) is 5.32 Å². The Bertz CT molecular complexity index is 912. The normalized spacial score (nSPS) is 16.8. The summed E-state index contributed by atoms with van der Waals surface area (Å²) in [6, 6.07) is 16.8. The van der Waals surface area contributed by atoms with Crippen molar-refractivity contribution in [3.05, 3.63) is 59.7 Å². The van der Waals surface area contributed by atoms with Crippen LogP contribution < -0.4 is 10.1 Å². The van der Waals surface area contributed by atoms with Crippen LogP contribution in [0.5, 0.6) is 11.5 Å². The Morgan fingerprint density at radius 2 is 1.64 bits per heavy atom. The molecule has 0 unspecified atom stereocenters. The van der Waals surface area contributed by atoms with E-state index in [0.29, 0.717) is 35.5 Å². The quantitative estimate of drug-likeness (QED) is 0.826. The van der Waals surface area contributed by atoms with Crippen molar-refractivity contribution < 1.29 is 19.1 Å². The lowest BCUT2D eigenvalue weighted by Crippen LogP contribution is -2.46. The Morgan fingerprint density at radius 1 is 1.07 bits per heavy atom. The number of ether oxygens (including phenoxy) is 2. The van der Waals surface area contributed by atoms with E-state index in [9.17, 15) is 14.9 Å². The van der Waals surface area contributed by atoms with E-state index in [1.165, 1.54) is 0 Å². The standard InChI is InChI=1S/C22H20N2O4/c23-14-22(11-5-6-12-22)24-19(25)13-27-21(26)20-15-7-1-3-9-17(15)28-18-10-4-2-8-16(18)20/h1-4,7-10,20H,5-6,11-13H2,(H,24,25). The summed E-state index contributed by atoms with van der Waals surface area (Å²) >= 11 is 0. The number of para-hydroxylation sites is 2. The van der Waals surface area contributed by atoms with Gasteiger partial charge in [-0.3, -0.25) is 9.59 Å². The van der Waals surface area contributed by atoms with Gasteiger partial charge in [0, 0.05) is 11.1 Å².